The van der Waals surface area contributed by atoms with E-state index in [-0.39, 0.29) is 0 Å². The smallest absolute Gasteiger partial charge is 0.152 e. The van der Waals surface area contributed by atoms with Crippen LogP contribution in [0.3, 0.4) is 0 Å². The van der Waals surface area contributed by atoms with Gasteiger partial charge in [0.2, 0.25) is 0 Å². The minimum atomic E-state index is 0.575. The minimum Gasteiger partial charge on any atom is -0.374 e. The predicted octanol–water partition coefficient (Wildman–Crippen LogP) is 1.83. The van der Waals surface area contributed by atoms with Gasteiger partial charge in [-0.15, -0.1) is 0 Å². The van der Waals surface area contributed by atoms with Crippen LogP contribution in [0.1, 0.15) is 22.8 Å². The summed E-state index contributed by atoms with van der Waals surface area (Å²) in [6.07, 6.45) is 0.808. The monoisotopic (exact) mass is 188 g/mol. The normalized spacial score (nSPS) is 9.21. The first-order valence-electron chi connectivity index (χ1n) is 4.43. The minimum absolute atomic E-state index is 0.575. The first-order valence-corrected chi connectivity index (χ1v) is 4.43. The Kier molecular flexibility index (Phi) is 3.24. The zero-order chi connectivity index (χ0) is 10.6. The largest absolute Gasteiger partial charge is 0.374 e. The number of aldehydes is 1. The van der Waals surface area contributed by atoms with Gasteiger partial charge in [0.25, 0.3) is 0 Å². The number of carbonyl (C=O) groups is 1. The van der Waals surface area contributed by atoms with E-state index in [0.717, 1.165) is 18.5 Å². The van der Waals surface area contributed by atoms with E-state index in [2.05, 4.69) is 6.07 Å². The lowest BCUT2D eigenvalue weighted by Gasteiger charge is -2.18. The number of anilines is 1. The van der Waals surface area contributed by atoms with Crippen molar-refractivity contribution >= 4 is 12.0 Å². The highest BCUT2D eigenvalue weighted by atomic mass is 16.1. The second-order valence-electron chi connectivity index (χ2n) is 3.02. The summed E-state index contributed by atoms with van der Waals surface area (Å²) in [5.41, 5.74) is 2.00. The quantitative estimate of drug-likeness (QED) is 0.680. The molecule has 1 aromatic rings. The van der Waals surface area contributed by atoms with Crippen LogP contribution in [0.2, 0.25) is 0 Å². The lowest BCUT2D eigenvalue weighted by molar-refractivity contribution is 0.112. The summed E-state index contributed by atoms with van der Waals surface area (Å²) in [5, 5.41) is 8.72. The summed E-state index contributed by atoms with van der Waals surface area (Å²) in [5.74, 6) is 0. The number of hydrogen-bond donors (Lipinski definition) is 0. The third kappa shape index (κ3) is 1.91. The van der Waals surface area contributed by atoms with E-state index in [0.29, 0.717) is 11.1 Å². The summed E-state index contributed by atoms with van der Waals surface area (Å²) >= 11 is 0. The number of carbonyl (C=O) groups excluding carboxylic acids is 1. The van der Waals surface area contributed by atoms with Crippen LogP contribution in [0.4, 0.5) is 5.69 Å². The lowest BCUT2D eigenvalue weighted by atomic mass is 10.1. The van der Waals surface area contributed by atoms with Gasteiger partial charge in [-0.25, -0.2) is 0 Å². The molecule has 0 fully saturated rings. The van der Waals surface area contributed by atoms with E-state index in [4.69, 9.17) is 5.26 Å². The molecule has 3 heteroatoms. The van der Waals surface area contributed by atoms with Gasteiger partial charge >= 0.3 is 0 Å². The predicted molar refractivity (Wildman–Crippen MR) is 55.5 cm³/mol. The fraction of sp³-hybridized carbons (Fsp3) is 0.273. The molecule has 72 valence electrons. The van der Waals surface area contributed by atoms with Crippen LogP contribution in [-0.4, -0.2) is 19.9 Å². The Morgan fingerprint density at radius 3 is 2.79 bits per heavy atom. The molecular weight excluding hydrogens is 176 g/mol. The Bertz CT molecular complexity index is 379. The SMILES string of the molecule is CCN(C)c1cc(C#N)ccc1C=O. The Morgan fingerprint density at radius 2 is 2.29 bits per heavy atom. The van der Waals surface area contributed by atoms with Gasteiger partial charge in [0.05, 0.1) is 11.6 Å². The highest BCUT2D eigenvalue weighted by molar-refractivity contribution is 5.85. The van der Waals surface area contributed by atoms with Crippen molar-refractivity contribution in [1.82, 2.24) is 0 Å². The number of nitriles is 1. The van der Waals surface area contributed by atoms with Gasteiger partial charge in [-0.05, 0) is 25.1 Å². The van der Waals surface area contributed by atoms with Crippen molar-refractivity contribution in [2.45, 2.75) is 6.92 Å². The number of rotatable bonds is 3. The van der Waals surface area contributed by atoms with E-state index in [9.17, 15) is 4.79 Å². The molecule has 0 aliphatic heterocycles. The van der Waals surface area contributed by atoms with Gasteiger partial charge in [0.1, 0.15) is 0 Å². The van der Waals surface area contributed by atoms with Crippen LogP contribution in [0.5, 0.6) is 0 Å². The Hall–Kier alpha value is -1.82. The van der Waals surface area contributed by atoms with E-state index in [1.807, 2.05) is 18.9 Å². The van der Waals surface area contributed by atoms with Crippen LogP contribution in [-0.2, 0) is 0 Å². The van der Waals surface area contributed by atoms with Gasteiger partial charge in [-0.3, -0.25) is 4.79 Å². The fourth-order valence-electron chi connectivity index (χ4n) is 1.21. The summed E-state index contributed by atoms with van der Waals surface area (Å²) in [6.45, 7) is 2.79. The van der Waals surface area contributed by atoms with Crippen molar-refractivity contribution in [3.63, 3.8) is 0 Å². The average Bonchev–Trinajstić information content (AvgIpc) is 2.27. The summed E-state index contributed by atoms with van der Waals surface area (Å²) in [7, 11) is 1.89. The molecule has 0 aliphatic rings. The highest BCUT2D eigenvalue weighted by Crippen LogP contribution is 2.19. The molecule has 1 aromatic carbocycles. The van der Waals surface area contributed by atoms with Crippen LogP contribution in [0, 0.1) is 11.3 Å². The standard InChI is InChI=1S/C11H12N2O/c1-3-13(2)11-6-9(7-12)4-5-10(11)8-14/h4-6,8H,3H2,1-2H3. The highest BCUT2D eigenvalue weighted by Gasteiger charge is 2.06. The summed E-state index contributed by atoms with van der Waals surface area (Å²) in [6, 6.07) is 7.11. The van der Waals surface area contributed by atoms with Crippen LogP contribution in [0.15, 0.2) is 18.2 Å². The third-order valence-corrected chi connectivity index (χ3v) is 2.17. The summed E-state index contributed by atoms with van der Waals surface area (Å²) in [4.78, 5) is 12.7. The van der Waals surface area contributed by atoms with Crippen molar-refractivity contribution in [1.29, 1.82) is 5.26 Å². The summed E-state index contributed by atoms with van der Waals surface area (Å²) < 4.78 is 0. The first-order chi connectivity index (χ1) is 6.72. The molecule has 0 saturated carbocycles. The van der Waals surface area contributed by atoms with Gasteiger partial charge < -0.3 is 4.90 Å². The Labute approximate surface area is 83.6 Å². The van der Waals surface area contributed by atoms with Crippen LogP contribution >= 0.6 is 0 Å². The molecule has 0 unspecified atom stereocenters. The molecule has 0 N–H and O–H groups in total. The second kappa shape index (κ2) is 4.43. The van der Waals surface area contributed by atoms with Gasteiger partial charge in [-0.2, -0.15) is 5.26 Å². The third-order valence-electron chi connectivity index (χ3n) is 2.17. The molecule has 0 radical (unpaired) electrons. The topological polar surface area (TPSA) is 44.1 Å². The molecule has 1 rings (SSSR count). The van der Waals surface area contributed by atoms with Crippen molar-refractivity contribution in [2.75, 3.05) is 18.5 Å². The number of hydrogen-bond acceptors (Lipinski definition) is 3. The molecule has 14 heavy (non-hydrogen) atoms. The maximum Gasteiger partial charge on any atom is 0.152 e. The Balaban J connectivity index is 3.22. The van der Waals surface area contributed by atoms with Crippen molar-refractivity contribution in [3.05, 3.63) is 29.3 Å². The van der Waals surface area contributed by atoms with Crippen molar-refractivity contribution in [3.8, 4) is 6.07 Å². The number of nitrogens with zero attached hydrogens (tertiary/aromatic N) is 2. The number of benzene rings is 1. The molecule has 0 amide bonds. The van der Waals surface area contributed by atoms with Crippen molar-refractivity contribution in [2.24, 2.45) is 0 Å². The second-order valence-corrected chi connectivity index (χ2v) is 3.02. The van der Waals surface area contributed by atoms with Gasteiger partial charge in [-0.1, -0.05) is 0 Å². The maximum atomic E-state index is 10.7. The van der Waals surface area contributed by atoms with E-state index >= 15 is 0 Å². The van der Waals surface area contributed by atoms with Crippen LogP contribution in [0.25, 0.3) is 0 Å². The zero-order valence-electron chi connectivity index (χ0n) is 8.32. The maximum absolute atomic E-state index is 10.7. The molecule has 0 atom stereocenters. The molecular formula is C11H12N2O. The molecule has 0 saturated heterocycles. The molecule has 0 aromatic heterocycles. The molecule has 0 heterocycles. The van der Waals surface area contributed by atoms with Gasteiger partial charge in [0, 0.05) is 24.8 Å². The van der Waals surface area contributed by atoms with E-state index < -0.39 is 0 Å². The molecule has 0 spiro atoms. The van der Waals surface area contributed by atoms with E-state index in [1.165, 1.54) is 0 Å². The molecule has 3 nitrogen and oxygen atoms in total. The molecule has 0 aliphatic carbocycles. The first kappa shape index (κ1) is 10.3. The molecule has 0 bridgehead atoms. The van der Waals surface area contributed by atoms with Crippen LogP contribution < -0.4 is 4.90 Å². The Morgan fingerprint density at radius 1 is 1.57 bits per heavy atom. The van der Waals surface area contributed by atoms with E-state index in [1.54, 1.807) is 18.2 Å². The van der Waals surface area contributed by atoms with Gasteiger partial charge in [0.15, 0.2) is 6.29 Å². The fourth-order valence-corrected chi connectivity index (χ4v) is 1.21. The van der Waals surface area contributed by atoms with Crippen molar-refractivity contribution < 1.29 is 4.79 Å². The average molecular weight is 188 g/mol. The lowest BCUT2D eigenvalue weighted by Crippen LogP contribution is -2.17. The zero-order valence-corrected chi connectivity index (χ0v) is 8.32.